The summed E-state index contributed by atoms with van der Waals surface area (Å²) < 4.78 is 13.1. The van der Waals surface area contributed by atoms with Gasteiger partial charge in [0.1, 0.15) is 16.7 Å². The Balaban J connectivity index is 0.000000847. The first kappa shape index (κ1) is 16.5. The van der Waals surface area contributed by atoms with Gasteiger partial charge in [-0.1, -0.05) is 37.0 Å². The molecule has 0 fully saturated rings. The van der Waals surface area contributed by atoms with Crippen LogP contribution in [-0.2, 0) is 0 Å². The summed E-state index contributed by atoms with van der Waals surface area (Å²) in [6, 6.07) is 8.99. The highest BCUT2D eigenvalue weighted by atomic mass is 35.5. The molecule has 1 aromatic heterocycles. The molecule has 114 valence electrons. The van der Waals surface area contributed by atoms with Crippen LogP contribution in [0.4, 0.5) is 4.39 Å². The fourth-order valence-electron chi connectivity index (χ4n) is 2.12. The van der Waals surface area contributed by atoms with Crippen molar-refractivity contribution in [2.45, 2.75) is 13.8 Å². The Hall–Kier alpha value is -1.84. The van der Waals surface area contributed by atoms with Crippen molar-refractivity contribution in [2.75, 3.05) is 0 Å². The largest absolute Gasteiger partial charge is 0.508 e. The number of nitrogens with zero attached hydrogens (tertiary/aromatic N) is 1. The van der Waals surface area contributed by atoms with Crippen LogP contribution in [-0.4, -0.2) is 10.1 Å². The second-order valence-corrected chi connectivity index (χ2v) is 5.08. The third-order valence-corrected chi connectivity index (χ3v) is 3.66. The molecular formula is C17H14Cl2FNO. The second kappa shape index (κ2) is 6.95. The van der Waals surface area contributed by atoms with Gasteiger partial charge in [-0.25, -0.2) is 9.37 Å². The molecular weight excluding hydrogens is 324 g/mol. The van der Waals surface area contributed by atoms with Crippen LogP contribution < -0.4 is 0 Å². The lowest BCUT2D eigenvalue weighted by Gasteiger charge is -2.09. The molecule has 22 heavy (non-hydrogen) atoms. The first-order chi connectivity index (χ1) is 10.6. The van der Waals surface area contributed by atoms with E-state index < -0.39 is 5.82 Å². The Morgan fingerprint density at radius 1 is 0.955 bits per heavy atom. The fraction of sp³-hybridized carbons (Fsp3) is 0.118. The second-order valence-electron chi connectivity index (χ2n) is 4.32. The van der Waals surface area contributed by atoms with E-state index in [-0.39, 0.29) is 10.9 Å². The number of pyridine rings is 1. The highest BCUT2D eigenvalue weighted by molar-refractivity contribution is 6.36. The van der Waals surface area contributed by atoms with Gasteiger partial charge in [-0.15, -0.1) is 0 Å². The average Bonchev–Trinajstić information content (AvgIpc) is 2.51. The number of aromatic hydroxyl groups is 1. The Kier molecular flexibility index (Phi) is 5.22. The predicted octanol–water partition coefficient (Wildman–Crippen LogP) is 6.08. The molecule has 0 atom stereocenters. The highest BCUT2D eigenvalue weighted by Gasteiger charge is 2.12. The van der Waals surface area contributed by atoms with Crippen molar-refractivity contribution >= 4 is 34.0 Å². The van der Waals surface area contributed by atoms with Crippen LogP contribution in [0.1, 0.15) is 13.8 Å². The smallest absolute Gasteiger partial charge is 0.137 e. The Bertz CT molecular complexity index is 821. The third-order valence-electron chi connectivity index (χ3n) is 3.04. The van der Waals surface area contributed by atoms with Crippen LogP contribution >= 0.6 is 23.2 Å². The summed E-state index contributed by atoms with van der Waals surface area (Å²) in [5.41, 5.74) is 1.39. The first-order valence-electron chi connectivity index (χ1n) is 6.79. The van der Waals surface area contributed by atoms with E-state index in [1.807, 2.05) is 13.8 Å². The van der Waals surface area contributed by atoms with E-state index in [9.17, 15) is 9.50 Å². The maximum Gasteiger partial charge on any atom is 0.137 e. The van der Waals surface area contributed by atoms with Crippen LogP contribution in [0.25, 0.3) is 21.9 Å². The van der Waals surface area contributed by atoms with Gasteiger partial charge in [0.15, 0.2) is 0 Å². The van der Waals surface area contributed by atoms with Crippen molar-refractivity contribution in [2.24, 2.45) is 0 Å². The lowest BCUT2D eigenvalue weighted by molar-refractivity contribution is 0.476. The van der Waals surface area contributed by atoms with Gasteiger partial charge in [0.2, 0.25) is 0 Å². The van der Waals surface area contributed by atoms with Crippen molar-refractivity contribution in [3.63, 3.8) is 0 Å². The molecule has 0 aliphatic heterocycles. The SMILES string of the molecule is CC.Oc1ccc2c(-c3ccc(F)cc3Cl)cnc(Cl)c2c1. The van der Waals surface area contributed by atoms with E-state index in [1.54, 1.807) is 24.4 Å². The van der Waals surface area contributed by atoms with Gasteiger partial charge >= 0.3 is 0 Å². The van der Waals surface area contributed by atoms with Gasteiger partial charge in [-0.3, -0.25) is 0 Å². The number of benzene rings is 2. The summed E-state index contributed by atoms with van der Waals surface area (Å²) in [7, 11) is 0. The van der Waals surface area contributed by atoms with Crippen molar-refractivity contribution in [3.8, 4) is 16.9 Å². The molecule has 0 aliphatic carbocycles. The standard InChI is InChI=1S/C15H8Cl2FNO.C2H6/c16-14-5-8(18)1-3-11(14)13-7-19-15(17)12-6-9(20)2-4-10(12)13;1-2/h1-7,20H;1-2H3. The number of halogens is 3. The van der Waals surface area contributed by atoms with Crippen molar-refractivity contribution in [3.05, 3.63) is 58.6 Å². The van der Waals surface area contributed by atoms with E-state index in [2.05, 4.69) is 4.98 Å². The minimum absolute atomic E-state index is 0.101. The van der Waals surface area contributed by atoms with E-state index in [0.717, 1.165) is 10.9 Å². The zero-order valence-corrected chi connectivity index (χ0v) is 13.6. The van der Waals surface area contributed by atoms with E-state index in [4.69, 9.17) is 23.2 Å². The molecule has 0 saturated carbocycles. The molecule has 0 spiro atoms. The predicted molar refractivity (Wildman–Crippen MR) is 90.2 cm³/mol. The first-order valence-corrected chi connectivity index (χ1v) is 7.54. The normalized spacial score (nSPS) is 10.2. The summed E-state index contributed by atoms with van der Waals surface area (Å²) in [6.45, 7) is 4.00. The van der Waals surface area contributed by atoms with Crippen LogP contribution in [0.5, 0.6) is 5.75 Å². The maximum atomic E-state index is 13.1. The van der Waals surface area contributed by atoms with Gasteiger partial charge in [0.25, 0.3) is 0 Å². The van der Waals surface area contributed by atoms with Gasteiger partial charge in [-0.05, 0) is 41.8 Å². The van der Waals surface area contributed by atoms with Gasteiger partial charge in [0, 0.05) is 22.7 Å². The quantitative estimate of drug-likeness (QED) is 0.546. The van der Waals surface area contributed by atoms with E-state index in [1.165, 1.54) is 18.2 Å². The van der Waals surface area contributed by atoms with Crippen LogP contribution in [0.2, 0.25) is 10.2 Å². The molecule has 1 heterocycles. The highest BCUT2D eigenvalue weighted by Crippen LogP contribution is 2.36. The zero-order valence-electron chi connectivity index (χ0n) is 12.1. The van der Waals surface area contributed by atoms with Crippen molar-refractivity contribution in [1.82, 2.24) is 4.98 Å². The molecule has 1 N–H and O–H groups in total. The summed E-state index contributed by atoms with van der Waals surface area (Å²) >= 11 is 12.1. The summed E-state index contributed by atoms with van der Waals surface area (Å²) in [5.74, 6) is -0.300. The molecule has 0 unspecified atom stereocenters. The Morgan fingerprint density at radius 2 is 1.68 bits per heavy atom. The topological polar surface area (TPSA) is 33.1 Å². The molecule has 0 saturated heterocycles. The van der Waals surface area contributed by atoms with Gasteiger partial charge in [0.05, 0.1) is 5.02 Å². The molecule has 5 heteroatoms. The van der Waals surface area contributed by atoms with Crippen LogP contribution in [0.3, 0.4) is 0 Å². The van der Waals surface area contributed by atoms with Crippen molar-refractivity contribution < 1.29 is 9.50 Å². The number of phenolic OH excluding ortho intramolecular Hbond substituents is 1. The number of hydrogen-bond donors (Lipinski definition) is 1. The fourth-order valence-corrected chi connectivity index (χ4v) is 2.59. The van der Waals surface area contributed by atoms with E-state index in [0.29, 0.717) is 16.0 Å². The van der Waals surface area contributed by atoms with Crippen molar-refractivity contribution in [1.29, 1.82) is 0 Å². The van der Waals surface area contributed by atoms with E-state index >= 15 is 0 Å². The Labute approximate surface area is 138 Å². The number of rotatable bonds is 1. The summed E-state index contributed by atoms with van der Waals surface area (Å²) in [6.07, 6.45) is 1.58. The minimum Gasteiger partial charge on any atom is -0.508 e. The molecule has 0 aliphatic rings. The zero-order chi connectivity index (χ0) is 16.3. The third kappa shape index (κ3) is 3.16. The van der Waals surface area contributed by atoms with Gasteiger partial charge < -0.3 is 5.11 Å². The lowest BCUT2D eigenvalue weighted by atomic mass is 10.0. The molecule has 2 nitrogen and oxygen atoms in total. The molecule has 0 bridgehead atoms. The summed E-state index contributed by atoms with van der Waals surface area (Å²) in [5, 5.41) is 11.5. The van der Waals surface area contributed by atoms with Crippen LogP contribution in [0.15, 0.2) is 42.6 Å². The molecule has 0 amide bonds. The maximum absolute atomic E-state index is 13.1. The molecule has 3 rings (SSSR count). The monoisotopic (exact) mass is 337 g/mol. The Morgan fingerprint density at radius 3 is 2.36 bits per heavy atom. The molecule has 2 aromatic carbocycles. The number of phenols is 1. The molecule has 0 radical (unpaired) electrons. The molecule has 3 aromatic rings. The number of fused-ring (bicyclic) bond motifs is 1. The lowest BCUT2D eigenvalue weighted by Crippen LogP contribution is -1.88. The number of aromatic nitrogens is 1. The minimum atomic E-state index is -0.400. The van der Waals surface area contributed by atoms with Gasteiger partial charge in [-0.2, -0.15) is 0 Å². The average molecular weight is 338 g/mol. The van der Waals surface area contributed by atoms with Crippen LogP contribution in [0, 0.1) is 5.82 Å². The summed E-state index contributed by atoms with van der Waals surface area (Å²) in [4.78, 5) is 4.09. The number of hydrogen-bond acceptors (Lipinski definition) is 2.